The zero-order valence-corrected chi connectivity index (χ0v) is 46.1. The van der Waals surface area contributed by atoms with Crippen LogP contribution >= 0.6 is 0 Å². The van der Waals surface area contributed by atoms with Crippen molar-refractivity contribution in [1.82, 2.24) is 0 Å². The molecule has 6 heteroatoms. The second-order valence-corrected chi connectivity index (χ2v) is 20.3. The Balaban J connectivity index is 4.37. The van der Waals surface area contributed by atoms with Gasteiger partial charge in [-0.1, -0.05) is 281 Å². The SMILES string of the molecule is CCCCC/C=C\C/C=C\C/C=C\C/C=C\CCCCCC(=O)OC[C@H](COC(=O)CCCCCCCCCCCCCCC)OC(=O)CCCCCCCCCCCCCCCCCCCCC. The molecule has 0 N–H and O–H groups in total. The lowest BCUT2D eigenvalue weighted by Gasteiger charge is -2.18. The number of allylic oxidation sites excluding steroid dienone is 8. The van der Waals surface area contributed by atoms with Gasteiger partial charge in [0.2, 0.25) is 0 Å². The van der Waals surface area contributed by atoms with E-state index in [1.807, 2.05) is 0 Å². The molecule has 0 unspecified atom stereocenters. The summed E-state index contributed by atoms with van der Waals surface area (Å²) in [5, 5.41) is 0. The Hall–Kier alpha value is -2.63. The van der Waals surface area contributed by atoms with E-state index in [1.165, 1.54) is 193 Å². The van der Waals surface area contributed by atoms with E-state index in [0.717, 1.165) is 83.5 Å². The van der Waals surface area contributed by atoms with E-state index in [9.17, 15) is 14.4 Å². The summed E-state index contributed by atoms with van der Waals surface area (Å²) in [6, 6.07) is 0. The zero-order chi connectivity index (χ0) is 50.0. The number of ether oxygens (including phenoxy) is 3. The summed E-state index contributed by atoms with van der Waals surface area (Å²) in [6.45, 7) is 6.63. The zero-order valence-electron chi connectivity index (χ0n) is 46.1. The van der Waals surface area contributed by atoms with Gasteiger partial charge in [0.15, 0.2) is 6.10 Å². The number of hydrogen-bond acceptors (Lipinski definition) is 6. The maximum absolute atomic E-state index is 12.9. The second kappa shape index (κ2) is 57.9. The minimum atomic E-state index is -0.783. The third-order valence-electron chi connectivity index (χ3n) is 13.3. The molecule has 0 amide bonds. The van der Waals surface area contributed by atoms with E-state index < -0.39 is 6.10 Å². The molecule has 0 saturated carbocycles. The lowest BCUT2D eigenvalue weighted by Crippen LogP contribution is -2.30. The first-order valence-corrected chi connectivity index (χ1v) is 30.1. The highest BCUT2D eigenvalue weighted by Gasteiger charge is 2.19. The average Bonchev–Trinajstić information content (AvgIpc) is 3.35. The van der Waals surface area contributed by atoms with Gasteiger partial charge in [0.1, 0.15) is 13.2 Å². The number of esters is 3. The Morgan fingerprint density at radius 2 is 0.522 bits per heavy atom. The molecule has 0 spiro atoms. The lowest BCUT2D eigenvalue weighted by molar-refractivity contribution is -0.167. The fraction of sp³-hybridized carbons (Fsp3) is 0.825. The van der Waals surface area contributed by atoms with Crippen LogP contribution in [0.25, 0.3) is 0 Å². The standard InChI is InChI=1S/C63H114O6/c1-4-7-10-13-16-19-22-25-27-29-31-33-35-38-41-44-47-50-53-56-62(65)68-59-60(58-67-61(64)55-52-49-46-43-40-37-24-21-18-15-12-9-6-3)69-63(66)57-54-51-48-45-42-39-36-34-32-30-28-26-23-20-17-14-11-8-5-2/h16,19,25,27,31,33,38,41,60H,4-15,17-18,20-24,26,28-30,32,34-37,39-40,42-59H2,1-3H3/b19-16-,27-25-,33-31-,41-38-/t60-/m0/s1. The van der Waals surface area contributed by atoms with Crippen LogP contribution in [0.1, 0.15) is 316 Å². The smallest absolute Gasteiger partial charge is 0.306 e. The molecule has 6 nitrogen and oxygen atoms in total. The van der Waals surface area contributed by atoms with Crippen LogP contribution in [0.2, 0.25) is 0 Å². The van der Waals surface area contributed by atoms with Gasteiger partial charge in [0, 0.05) is 19.3 Å². The summed E-state index contributed by atoms with van der Waals surface area (Å²) < 4.78 is 16.9. The van der Waals surface area contributed by atoms with Crippen molar-refractivity contribution < 1.29 is 28.6 Å². The quantitative estimate of drug-likeness (QED) is 0.0262. The van der Waals surface area contributed by atoms with Crippen molar-refractivity contribution in [3.63, 3.8) is 0 Å². The Morgan fingerprint density at radius 1 is 0.290 bits per heavy atom. The Bertz CT molecular complexity index is 1200. The summed E-state index contributed by atoms with van der Waals surface area (Å²) in [5.74, 6) is -0.892. The van der Waals surface area contributed by atoms with Crippen molar-refractivity contribution in [3.05, 3.63) is 48.6 Å². The third-order valence-corrected chi connectivity index (χ3v) is 13.3. The molecule has 0 aliphatic rings. The van der Waals surface area contributed by atoms with Crippen LogP contribution in [0.3, 0.4) is 0 Å². The van der Waals surface area contributed by atoms with E-state index in [0.29, 0.717) is 19.3 Å². The van der Waals surface area contributed by atoms with E-state index in [1.54, 1.807) is 0 Å². The van der Waals surface area contributed by atoms with Gasteiger partial charge in [-0.3, -0.25) is 14.4 Å². The van der Waals surface area contributed by atoms with Crippen molar-refractivity contribution in [3.8, 4) is 0 Å². The normalized spacial score (nSPS) is 12.3. The highest BCUT2D eigenvalue weighted by molar-refractivity contribution is 5.71. The van der Waals surface area contributed by atoms with Crippen LogP contribution in [-0.4, -0.2) is 37.2 Å². The van der Waals surface area contributed by atoms with Gasteiger partial charge in [0.25, 0.3) is 0 Å². The summed E-state index contributed by atoms with van der Waals surface area (Å²) in [7, 11) is 0. The average molecular weight is 968 g/mol. The Kier molecular flexibility index (Phi) is 55.7. The summed E-state index contributed by atoms with van der Waals surface area (Å²) >= 11 is 0. The first kappa shape index (κ1) is 66.4. The van der Waals surface area contributed by atoms with Gasteiger partial charge in [-0.25, -0.2) is 0 Å². The molecule has 0 aromatic rings. The number of carbonyl (C=O) groups excluding carboxylic acids is 3. The number of rotatable bonds is 55. The molecular formula is C63H114O6. The predicted molar refractivity (Wildman–Crippen MR) is 298 cm³/mol. The Labute approximate surface area is 428 Å². The van der Waals surface area contributed by atoms with Gasteiger partial charge in [0.05, 0.1) is 0 Å². The van der Waals surface area contributed by atoms with Gasteiger partial charge >= 0.3 is 17.9 Å². The van der Waals surface area contributed by atoms with Crippen LogP contribution in [0.15, 0.2) is 48.6 Å². The first-order chi connectivity index (χ1) is 34.0. The maximum Gasteiger partial charge on any atom is 0.306 e. The van der Waals surface area contributed by atoms with Crippen molar-refractivity contribution in [2.24, 2.45) is 0 Å². The maximum atomic E-state index is 12.9. The van der Waals surface area contributed by atoms with Crippen LogP contribution in [0.5, 0.6) is 0 Å². The number of unbranched alkanes of at least 4 members (excludes halogenated alkanes) is 36. The number of carbonyl (C=O) groups is 3. The van der Waals surface area contributed by atoms with E-state index >= 15 is 0 Å². The molecule has 0 rings (SSSR count). The van der Waals surface area contributed by atoms with Crippen LogP contribution in [0.4, 0.5) is 0 Å². The fourth-order valence-corrected chi connectivity index (χ4v) is 8.78. The molecule has 0 fully saturated rings. The van der Waals surface area contributed by atoms with Crippen molar-refractivity contribution >= 4 is 17.9 Å². The largest absolute Gasteiger partial charge is 0.462 e. The van der Waals surface area contributed by atoms with Crippen LogP contribution < -0.4 is 0 Å². The molecule has 0 bridgehead atoms. The molecule has 0 aromatic carbocycles. The van der Waals surface area contributed by atoms with Crippen molar-refractivity contribution in [1.29, 1.82) is 0 Å². The monoisotopic (exact) mass is 967 g/mol. The minimum absolute atomic E-state index is 0.0788. The molecule has 1 atom stereocenters. The van der Waals surface area contributed by atoms with Crippen LogP contribution in [0, 0.1) is 0 Å². The van der Waals surface area contributed by atoms with Gasteiger partial charge in [-0.05, 0) is 64.2 Å². The molecule has 0 aliphatic heterocycles. The molecule has 0 aliphatic carbocycles. The van der Waals surface area contributed by atoms with E-state index in [2.05, 4.69) is 69.4 Å². The molecule has 0 radical (unpaired) electrons. The number of hydrogen-bond donors (Lipinski definition) is 0. The van der Waals surface area contributed by atoms with Gasteiger partial charge in [-0.2, -0.15) is 0 Å². The third kappa shape index (κ3) is 56.2. The molecule has 0 aromatic heterocycles. The topological polar surface area (TPSA) is 78.9 Å². The second-order valence-electron chi connectivity index (χ2n) is 20.3. The van der Waals surface area contributed by atoms with Crippen molar-refractivity contribution in [2.45, 2.75) is 322 Å². The highest BCUT2D eigenvalue weighted by atomic mass is 16.6. The Morgan fingerprint density at radius 3 is 0.841 bits per heavy atom. The van der Waals surface area contributed by atoms with E-state index in [4.69, 9.17) is 14.2 Å². The fourth-order valence-electron chi connectivity index (χ4n) is 8.78. The van der Waals surface area contributed by atoms with Crippen LogP contribution in [-0.2, 0) is 28.6 Å². The first-order valence-electron chi connectivity index (χ1n) is 30.1. The lowest BCUT2D eigenvalue weighted by atomic mass is 10.0. The minimum Gasteiger partial charge on any atom is -0.462 e. The molecule has 69 heavy (non-hydrogen) atoms. The highest BCUT2D eigenvalue weighted by Crippen LogP contribution is 2.17. The predicted octanol–water partition coefficient (Wildman–Crippen LogP) is 20.2. The summed E-state index contributed by atoms with van der Waals surface area (Å²) in [4.78, 5) is 38.2. The molecule has 0 heterocycles. The molecule has 402 valence electrons. The van der Waals surface area contributed by atoms with E-state index in [-0.39, 0.29) is 31.1 Å². The molecule has 0 saturated heterocycles. The molecular weight excluding hydrogens is 853 g/mol. The van der Waals surface area contributed by atoms with Gasteiger partial charge in [-0.15, -0.1) is 0 Å². The summed E-state index contributed by atoms with van der Waals surface area (Å²) in [6.07, 6.45) is 71.0. The van der Waals surface area contributed by atoms with Gasteiger partial charge < -0.3 is 14.2 Å². The summed E-state index contributed by atoms with van der Waals surface area (Å²) in [5.41, 5.74) is 0. The van der Waals surface area contributed by atoms with Crippen molar-refractivity contribution in [2.75, 3.05) is 13.2 Å².